The highest BCUT2D eigenvalue weighted by Gasteiger charge is 2.05. The molecule has 0 atom stereocenters. The Morgan fingerprint density at radius 2 is 1.77 bits per heavy atom. The van der Waals surface area contributed by atoms with Gasteiger partial charge >= 0.3 is 0 Å². The molecule has 5 nitrogen and oxygen atoms in total. The molecule has 0 radical (unpaired) electrons. The van der Waals surface area contributed by atoms with Gasteiger partial charge in [-0.3, -0.25) is 9.59 Å². The van der Waals surface area contributed by atoms with E-state index in [1.807, 2.05) is 27.0 Å². The number of rotatable bonds is 6. The van der Waals surface area contributed by atoms with Crippen molar-refractivity contribution in [1.82, 2.24) is 10.3 Å². The first-order chi connectivity index (χ1) is 14.3. The van der Waals surface area contributed by atoms with Crippen LogP contribution >= 0.6 is 0 Å². The zero-order valence-electron chi connectivity index (χ0n) is 17.1. The Morgan fingerprint density at radius 1 is 1.07 bits per heavy atom. The number of nitrogens with one attached hydrogen (secondary N) is 2. The van der Waals surface area contributed by atoms with Crippen LogP contribution in [0.3, 0.4) is 0 Å². The molecule has 1 aromatic heterocycles. The van der Waals surface area contributed by atoms with Crippen LogP contribution in [0.2, 0.25) is 0 Å². The summed E-state index contributed by atoms with van der Waals surface area (Å²) >= 11 is 0. The van der Waals surface area contributed by atoms with Crippen LogP contribution in [0.15, 0.2) is 53.3 Å². The molecule has 0 saturated heterocycles. The van der Waals surface area contributed by atoms with Crippen molar-refractivity contribution >= 4 is 6.29 Å². The van der Waals surface area contributed by atoms with Gasteiger partial charge in [-0.2, -0.15) is 0 Å². The lowest BCUT2D eigenvalue weighted by atomic mass is 10.1. The van der Waals surface area contributed by atoms with Crippen LogP contribution in [0, 0.1) is 25.5 Å². The van der Waals surface area contributed by atoms with Gasteiger partial charge in [-0.15, -0.1) is 0 Å². The zero-order valence-corrected chi connectivity index (χ0v) is 17.1. The second kappa shape index (κ2) is 11.0. The van der Waals surface area contributed by atoms with Crippen LogP contribution in [0.4, 0.5) is 8.78 Å². The summed E-state index contributed by atoms with van der Waals surface area (Å²) < 4.78 is 31.1. The number of aldehydes is 1. The van der Waals surface area contributed by atoms with Crippen LogP contribution in [-0.2, 0) is 13.2 Å². The van der Waals surface area contributed by atoms with E-state index in [9.17, 15) is 18.4 Å². The summed E-state index contributed by atoms with van der Waals surface area (Å²) in [4.78, 5) is 24.6. The first kappa shape index (κ1) is 23.0. The topological polar surface area (TPSA) is 71.2 Å². The minimum absolute atomic E-state index is 0.00383. The van der Waals surface area contributed by atoms with E-state index in [0.29, 0.717) is 12.1 Å². The predicted molar refractivity (Wildman–Crippen MR) is 112 cm³/mol. The molecule has 0 saturated carbocycles. The molecule has 0 bridgehead atoms. The molecule has 3 aromatic rings. The van der Waals surface area contributed by atoms with E-state index in [1.54, 1.807) is 24.3 Å². The highest BCUT2D eigenvalue weighted by molar-refractivity contribution is 5.74. The lowest BCUT2D eigenvalue weighted by Crippen LogP contribution is -2.20. The summed E-state index contributed by atoms with van der Waals surface area (Å²) in [5.41, 5.74) is 4.16. The minimum atomic E-state index is -0.737. The molecule has 1 heterocycles. The largest absolute Gasteiger partial charge is 0.486 e. The third kappa shape index (κ3) is 6.63. The molecule has 0 fully saturated rings. The molecule has 3 rings (SSSR count). The van der Waals surface area contributed by atoms with Gasteiger partial charge < -0.3 is 15.0 Å². The van der Waals surface area contributed by atoms with E-state index in [1.165, 1.54) is 6.07 Å². The highest BCUT2D eigenvalue weighted by Crippen LogP contribution is 2.19. The standard InChI is InChI=1S/C14H10F2O2.C9H14N2O/c15-12-5-6-14(13(16)7-12)18-9-11-3-1-10(8-17)2-4-11;1-6-4-7(2)11-9(12)8(6)5-10-3/h1-8H,9H2;4,10H,5H2,1-3H3,(H,11,12). The maximum absolute atomic E-state index is 13.3. The van der Waals surface area contributed by atoms with Gasteiger partial charge in [-0.05, 0) is 50.2 Å². The first-order valence-corrected chi connectivity index (χ1v) is 9.30. The van der Waals surface area contributed by atoms with E-state index < -0.39 is 11.6 Å². The number of ether oxygens (including phenoxy) is 1. The van der Waals surface area contributed by atoms with Crippen molar-refractivity contribution in [3.8, 4) is 5.75 Å². The molecule has 2 aromatic carbocycles. The number of carbonyl (C=O) groups excluding carboxylic acids is 1. The number of hydrogen-bond acceptors (Lipinski definition) is 4. The van der Waals surface area contributed by atoms with Crippen molar-refractivity contribution < 1.29 is 18.3 Å². The van der Waals surface area contributed by atoms with Crippen molar-refractivity contribution in [3.05, 3.63) is 98.5 Å². The summed E-state index contributed by atoms with van der Waals surface area (Å²) in [6, 6.07) is 11.8. The van der Waals surface area contributed by atoms with Gasteiger partial charge in [-0.1, -0.05) is 24.3 Å². The summed E-state index contributed by atoms with van der Waals surface area (Å²) in [6.45, 7) is 4.62. The van der Waals surface area contributed by atoms with E-state index in [0.717, 1.165) is 40.8 Å². The van der Waals surface area contributed by atoms with Gasteiger partial charge in [0.05, 0.1) is 0 Å². The van der Waals surface area contributed by atoms with Crippen molar-refractivity contribution in [2.45, 2.75) is 27.0 Å². The molecule has 0 aliphatic carbocycles. The SMILES string of the molecule is CNCc1c(C)cc(C)[nH]c1=O.O=Cc1ccc(COc2ccc(F)cc2F)cc1. The Morgan fingerprint density at radius 3 is 2.33 bits per heavy atom. The van der Waals surface area contributed by atoms with Crippen molar-refractivity contribution in [3.63, 3.8) is 0 Å². The van der Waals surface area contributed by atoms with Crippen molar-refractivity contribution in [2.24, 2.45) is 0 Å². The van der Waals surface area contributed by atoms with Crippen LogP contribution in [-0.4, -0.2) is 18.3 Å². The molecule has 0 aliphatic rings. The predicted octanol–water partition coefficient (Wildman–Crippen LogP) is 4.07. The fourth-order valence-electron chi connectivity index (χ4n) is 2.72. The van der Waals surface area contributed by atoms with Gasteiger partial charge in [0, 0.05) is 29.4 Å². The Labute approximate surface area is 173 Å². The number of H-pyrrole nitrogens is 1. The maximum Gasteiger partial charge on any atom is 0.252 e. The van der Waals surface area contributed by atoms with Crippen LogP contribution < -0.4 is 15.6 Å². The molecule has 0 amide bonds. The summed E-state index contributed by atoms with van der Waals surface area (Å²) in [5, 5.41) is 2.97. The molecule has 158 valence electrons. The van der Waals surface area contributed by atoms with Crippen molar-refractivity contribution in [1.29, 1.82) is 0 Å². The molecule has 0 spiro atoms. The third-order valence-electron chi connectivity index (χ3n) is 4.25. The third-order valence-corrected chi connectivity index (χ3v) is 4.25. The van der Waals surface area contributed by atoms with E-state index in [-0.39, 0.29) is 17.9 Å². The Hall–Kier alpha value is -3.32. The van der Waals surface area contributed by atoms with Gasteiger partial charge in [0.2, 0.25) is 0 Å². The lowest BCUT2D eigenvalue weighted by molar-refractivity contribution is 0.112. The van der Waals surface area contributed by atoms with Gasteiger partial charge in [0.15, 0.2) is 11.6 Å². The van der Waals surface area contributed by atoms with Crippen LogP contribution in [0.5, 0.6) is 5.75 Å². The second-order valence-corrected chi connectivity index (χ2v) is 6.70. The molecular weight excluding hydrogens is 390 g/mol. The van der Waals surface area contributed by atoms with E-state index in [2.05, 4.69) is 10.3 Å². The lowest BCUT2D eigenvalue weighted by Gasteiger charge is -2.07. The quantitative estimate of drug-likeness (QED) is 0.597. The molecule has 30 heavy (non-hydrogen) atoms. The fourth-order valence-corrected chi connectivity index (χ4v) is 2.72. The second-order valence-electron chi connectivity index (χ2n) is 6.70. The fraction of sp³-hybridized carbons (Fsp3) is 0.217. The summed E-state index contributed by atoms with van der Waals surface area (Å²) in [6.07, 6.45) is 0.740. The molecule has 7 heteroatoms. The number of carbonyl (C=O) groups is 1. The number of aromatic nitrogens is 1. The Bertz CT molecular complexity index is 1050. The van der Waals surface area contributed by atoms with Crippen LogP contribution in [0.25, 0.3) is 0 Å². The van der Waals surface area contributed by atoms with E-state index >= 15 is 0 Å². The van der Waals surface area contributed by atoms with Crippen LogP contribution in [0.1, 0.15) is 32.7 Å². The Kier molecular flexibility index (Phi) is 8.43. The highest BCUT2D eigenvalue weighted by atomic mass is 19.1. The van der Waals surface area contributed by atoms with Gasteiger partial charge in [-0.25, -0.2) is 8.78 Å². The zero-order chi connectivity index (χ0) is 22.1. The van der Waals surface area contributed by atoms with Gasteiger partial charge in [0.25, 0.3) is 5.56 Å². The summed E-state index contributed by atoms with van der Waals surface area (Å²) in [5.74, 6) is -1.38. The average Bonchev–Trinajstić information content (AvgIpc) is 2.71. The average molecular weight is 414 g/mol. The molecule has 0 unspecified atom stereocenters. The first-order valence-electron chi connectivity index (χ1n) is 9.30. The smallest absolute Gasteiger partial charge is 0.252 e. The monoisotopic (exact) mass is 414 g/mol. The number of aromatic amines is 1. The number of hydrogen-bond donors (Lipinski definition) is 2. The summed E-state index contributed by atoms with van der Waals surface area (Å²) in [7, 11) is 1.83. The van der Waals surface area contributed by atoms with E-state index in [4.69, 9.17) is 4.74 Å². The van der Waals surface area contributed by atoms with Gasteiger partial charge in [0.1, 0.15) is 18.7 Å². The number of halogens is 2. The number of pyridine rings is 1. The normalized spacial score (nSPS) is 10.2. The van der Waals surface area contributed by atoms with Crippen molar-refractivity contribution in [2.75, 3.05) is 7.05 Å². The molecule has 2 N–H and O–H groups in total. The number of aryl methyl sites for hydroxylation is 2. The molecular formula is C23H24F2N2O3. The maximum atomic E-state index is 13.3. The molecule has 0 aliphatic heterocycles. The minimum Gasteiger partial charge on any atom is -0.486 e. The number of benzene rings is 2. The Balaban J connectivity index is 0.000000232.